The van der Waals surface area contributed by atoms with Crippen LogP contribution in [-0.2, 0) is 15.1 Å². The number of carbonyl (C=O) groups excluding carboxylic acids is 1. The van der Waals surface area contributed by atoms with E-state index in [1.165, 1.54) is 6.07 Å². The molecule has 0 bridgehead atoms. The third-order valence-corrected chi connectivity index (χ3v) is 5.18. The summed E-state index contributed by atoms with van der Waals surface area (Å²) in [4.78, 5) is 15.6. The second kappa shape index (κ2) is 4.61. The molecule has 4 rings (SSSR count). The lowest BCUT2D eigenvalue weighted by Gasteiger charge is -2.29. The zero-order valence-corrected chi connectivity index (χ0v) is 12.5. The highest BCUT2D eigenvalue weighted by Crippen LogP contribution is 2.89. The smallest absolute Gasteiger partial charge is 0.428 e. The van der Waals surface area contributed by atoms with Gasteiger partial charge in [0.05, 0.1) is 0 Å². The number of fused-ring (bicyclic) bond motifs is 1. The summed E-state index contributed by atoms with van der Waals surface area (Å²) in [5.41, 5.74) is 4.26. The number of alkyl halides is 4. The first-order chi connectivity index (χ1) is 11.6. The first-order valence-corrected chi connectivity index (χ1v) is 7.42. The number of anilines is 1. The summed E-state index contributed by atoms with van der Waals surface area (Å²) in [6.45, 7) is 0.281. The van der Waals surface area contributed by atoms with Gasteiger partial charge in [-0.3, -0.25) is 4.79 Å². The maximum absolute atomic E-state index is 14.3. The van der Waals surface area contributed by atoms with E-state index in [9.17, 15) is 26.7 Å². The summed E-state index contributed by atoms with van der Waals surface area (Å²) >= 11 is 0. The van der Waals surface area contributed by atoms with Crippen LogP contribution in [0.25, 0.3) is 0 Å². The molecule has 5 nitrogen and oxygen atoms in total. The molecule has 1 aromatic rings. The number of nitrogens with one attached hydrogen (secondary N) is 1. The predicted octanol–water partition coefficient (Wildman–Crippen LogP) is 2.22. The molecule has 1 spiro atoms. The highest BCUT2D eigenvalue weighted by molar-refractivity contribution is 5.94. The first-order valence-electron chi connectivity index (χ1n) is 7.42. The number of benzene rings is 1. The fourth-order valence-corrected chi connectivity index (χ4v) is 3.77. The van der Waals surface area contributed by atoms with Gasteiger partial charge < -0.3 is 15.8 Å². The molecule has 0 saturated heterocycles. The van der Waals surface area contributed by atoms with Crippen LogP contribution in [0.3, 0.4) is 0 Å². The van der Waals surface area contributed by atoms with Crippen molar-refractivity contribution >= 4 is 17.6 Å². The fourth-order valence-electron chi connectivity index (χ4n) is 3.77. The van der Waals surface area contributed by atoms with Gasteiger partial charge in [0.1, 0.15) is 18.0 Å². The number of rotatable bonds is 3. The number of ether oxygens (including phenoxy) is 1. The molecule has 0 aromatic heterocycles. The van der Waals surface area contributed by atoms with Crippen molar-refractivity contribution in [2.24, 2.45) is 22.1 Å². The van der Waals surface area contributed by atoms with Crippen LogP contribution >= 0.6 is 0 Å². The second-order valence-corrected chi connectivity index (χ2v) is 6.51. The van der Waals surface area contributed by atoms with Gasteiger partial charge in [0.25, 0.3) is 18.1 Å². The molecule has 1 aromatic carbocycles. The van der Waals surface area contributed by atoms with Crippen LogP contribution in [0.2, 0.25) is 0 Å². The van der Waals surface area contributed by atoms with Crippen molar-refractivity contribution in [2.45, 2.75) is 24.3 Å². The third-order valence-electron chi connectivity index (χ3n) is 5.18. The Balaban J connectivity index is 1.63. The molecule has 3 unspecified atom stereocenters. The molecule has 10 heteroatoms. The van der Waals surface area contributed by atoms with E-state index in [1.807, 2.05) is 5.32 Å². The highest BCUT2D eigenvalue weighted by atomic mass is 19.4. The number of hydrogen-bond acceptors (Lipinski definition) is 4. The summed E-state index contributed by atoms with van der Waals surface area (Å²) in [5.74, 6) is -2.46. The minimum Gasteiger partial charge on any atom is -0.465 e. The summed E-state index contributed by atoms with van der Waals surface area (Å²) in [6, 6.07) is 3.14. The monoisotopic (exact) mass is 361 g/mol. The average molecular weight is 361 g/mol. The van der Waals surface area contributed by atoms with Crippen molar-refractivity contribution in [1.82, 2.24) is 0 Å². The quantitative estimate of drug-likeness (QED) is 0.811. The summed E-state index contributed by atoms with van der Waals surface area (Å²) < 4.78 is 69.3. The van der Waals surface area contributed by atoms with Crippen LogP contribution in [0, 0.1) is 17.2 Å². The number of amides is 1. The molecule has 25 heavy (non-hydrogen) atoms. The molecular formula is C15H12F5N3O2. The maximum atomic E-state index is 14.3. The zero-order valence-electron chi connectivity index (χ0n) is 12.5. The molecule has 2 aliphatic carbocycles. The van der Waals surface area contributed by atoms with E-state index in [-0.39, 0.29) is 35.2 Å². The van der Waals surface area contributed by atoms with Crippen molar-refractivity contribution in [1.29, 1.82) is 0 Å². The van der Waals surface area contributed by atoms with Crippen LogP contribution in [0.1, 0.15) is 12.0 Å². The van der Waals surface area contributed by atoms with Crippen molar-refractivity contribution in [3.05, 3.63) is 29.6 Å². The van der Waals surface area contributed by atoms with E-state index < -0.39 is 29.6 Å². The van der Waals surface area contributed by atoms with Gasteiger partial charge in [-0.25, -0.2) is 13.8 Å². The Bertz CT molecular complexity index is 811. The molecule has 1 aliphatic heterocycles. The SMILES string of the molecule is NC1=N[C@@]2(c3cc(NC(=O)C(F)C(F)(F)F)ccc3F)C3CC32CO1. The molecule has 2 fully saturated rings. The Morgan fingerprint density at radius 1 is 1.44 bits per heavy atom. The predicted molar refractivity (Wildman–Crippen MR) is 75.8 cm³/mol. The Hall–Kier alpha value is -2.39. The van der Waals surface area contributed by atoms with Gasteiger partial charge in [0.2, 0.25) is 0 Å². The fraction of sp³-hybridized carbons (Fsp3) is 0.467. The lowest BCUT2D eigenvalue weighted by Crippen LogP contribution is -2.37. The number of amidine groups is 1. The first kappa shape index (κ1) is 16.1. The van der Waals surface area contributed by atoms with E-state index in [0.717, 1.165) is 18.6 Å². The highest BCUT2D eigenvalue weighted by Gasteiger charge is 2.92. The molecular weight excluding hydrogens is 349 g/mol. The second-order valence-electron chi connectivity index (χ2n) is 6.51. The topological polar surface area (TPSA) is 76.7 Å². The van der Waals surface area contributed by atoms with Crippen LogP contribution in [-0.4, -0.2) is 30.9 Å². The van der Waals surface area contributed by atoms with Gasteiger partial charge in [-0.2, -0.15) is 13.2 Å². The van der Waals surface area contributed by atoms with Crippen molar-refractivity contribution < 1.29 is 31.5 Å². The van der Waals surface area contributed by atoms with Gasteiger partial charge in [-0.15, -0.1) is 0 Å². The van der Waals surface area contributed by atoms with Crippen LogP contribution < -0.4 is 11.1 Å². The number of nitrogens with two attached hydrogens (primary N) is 1. The standard InChI is InChI=1S/C15H12F5N3O2/c16-8-2-1-6(22-11(24)10(17)15(18,19)20)3-7(8)14-9-4-13(9,14)5-25-12(21)23-14/h1-3,9-10H,4-5H2,(H2,21,23)(H,22,24)/t9?,10?,13?,14-/m0/s1. The molecule has 4 atom stereocenters. The number of halogens is 5. The molecule has 1 amide bonds. The van der Waals surface area contributed by atoms with E-state index in [4.69, 9.17) is 10.5 Å². The van der Waals surface area contributed by atoms with Crippen LogP contribution in [0.15, 0.2) is 23.2 Å². The van der Waals surface area contributed by atoms with Crippen LogP contribution in [0.4, 0.5) is 27.6 Å². The number of carbonyl (C=O) groups is 1. The van der Waals surface area contributed by atoms with Crippen LogP contribution in [0.5, 0.6) is 0 Å². The van der Waals surface area contributed by atoms with Gasteiger partial charge >= 0.3 is 6.18 Å². The maximum Gasteiger partial charge on any atom is 0.428 e. The molecule has 3 N–H and O–H groups in total. The Morgan fingerprint density at radius 2 is 2.16 bits per heavy atom. The normalized spacial score (nSPS) is 33.3. The van der Waals surface area contributed by atoms with Gasteiger partial charge in [-0.05, 0) is 24.6 Å². The van der Waals surface area contributed by atoms with Crippen molar-refractivity contribution in [3.8, 4) is 0 Å². The average Bonchev–Trinajstić information content (AvgIpc) is 3.39. The van der Waals surface area contributed by atoms with E-state index in [1.54, 1.807) is 0 Å². The number of nitrogens with zero attached hydrogens (tertiary/aromatic N) is 1. The van der Waals surface area contributed by atoms with E-state index >= 15 is 0 Å². The largest absolute Gasteiger partial charge is 0.465 e. The summed E-state index contributed by atoms with van der Waals surface area (Å²) in [6.07, 6.45) is -8.20. The number of aliphatic imine (C=N–C) groups is 1. The molecule has 1 heterocycles. The Labute approximate surface area is 138 Å². The summed E-state index contributed by atoms with van der Waals surface area (Å²) in [5, 5.41) is 1.82. The van der Waals surface area contributed by atoms with Crippen molar-refractivity contribution in [2.75, 3.05) is 11.9 Å². The Morgan fingerprint density at radius 3 is 2.80 bits per heavy atom. The van der Waals surface area contributed by atoms with Gasteiger partial charge in [0.15, 0.2) is 0 Å². The lowest BCUT2D eigenvalue weighted by atomic mass is 9.88. The van der Waals surface area contributed by atoms with E-state index in [0.29, 0.717) is 0 Å². The molecule has 3 aliphatic rings. The molecule has 0 radical (unpaired) electrons. The zero-order chi connectivity index (χ0) is 18.2. The van der Waals surface area contributed by atoms with Gasteiger partial charge in [0, 0.05) is 22.6 Å². The third kappa shape index (κ3) is 2.05. The van der Waals surface area contributed by atoms with Gasteiger partial charge in [-0.1, -0.05) is 0 Å². The van der Waals surface area contributed by atoms with E-state index in [2.05, 4.69) is 4.99 Å². The number of hydrogen-bond donors (Lipinski definition) is 2. The minimum atomic E-state index is -5.31. The minimum absolute atomic E-state index is 0.0330. The lowest BCUT2D eigenvalue weighted by molar-refractivity contribution is -0.183. The summed E-state index contributed by atoms with van der Waals surface area (Å²) in [7, 11) is 0. The Kier molecular flexibility index (Phi) is 2.97. The van der Waals surface area contributed by atoms with Crippen molar-refractivity contribution in [3.63, 3.8) is 0 Å². The molecule has 134 valence electrons. The molecule has 2 saturated carbocycles.